The second-order valence-electron chi connectivity index (χ2n) is 4.91. The molecular weight excluding hydrogens is 240 g/mol. The SMILES string of the molecule is CC(C)(C)CNC(=O)c1nc(NN)ccc1Cl. The molecule has 0 aliphatic carbocycles. The Balaban J connectivity index is 2.81. The number of carbonyl (C=O) groups excluding carboxylic acids is 1. The van der Waals surface area contributed by atoms with Crippen LogP contribution in [0.2, 0.25) is 5.02 Å². The smallest absolute Gasteiger partial charge is 0.271 e. The maximum atomic E-state index is 11.9. The number of pyridine rings is 1. The zero-order valence-electron chi connectivity index (χ0n) is 10.2. The number of hydrogen-bond acceptors (Lipinski definition) is 4. The predicted octanol–water partition coefficient (Wildman–Crippen LogP) is 1.80. The molecule has 1 aromatic heterocycles. The summed E-state index contributed by atoms with van der Waals surface area (Å²) in [5.74, 6) is 5.32. The first kappa shape index (κ1) is 13.7. The van der Waals surface area contributed by atoms with Crippen molar-refractivity contribution in [2.45, 2.75) is 20.8 Å². The third-order valence-corrected chi connectivity index (χ3v) is 2.29. The van der Waals surface area contributed by atoms with E-state index in [0.717, 1.165) is 0 Å². The van der Waals surface area contributed by atoms with E-state index in [9.17, 15) is 4.79 Å². The number of nitrogens with zero attached hydrogens (tertiary/aromatic N) is 1. The molecule has 0 bridgehead atoms. The average Bonchev–Trinajstić information content (AvgIpc) is 2.25. The fourth-order valence-electron chi connectivity index (χ4n) is 1.11. The maximum Gasteiger partial charge on any atom is 0.271 e. The Morgan fingerprint density at radius 3 is 2.65 bits per heavy atom. The highest BCUT2D eigenvalue weighted by molar-refractivity contribution is 6.33. The highest BCUT2D eigenvalue weighted by Gasteiger charge is 2.16. The normalized spacial score (nSPS) is 11.1. The van der Waals surface area contributed by atoms with Crippen LogP contribution in [0.3, 0.4) is 0 Å². The van der Waals surface area contributed by atoms with Crippen LogP contribution in [0, 0.1) is 5.41 Å². The van der Waals surface area contributed by atoms with Crippen LogP contribution in [-0.2, 0) is 0 Å². The summed E-state index contributed by atoms with van der Waals surface area (Å²) in [6, 6.07) is 3.18. The van der Waals surface area contributed by atoms with Gasteiger partial charge >= 0.3 is 0 Å². The van der Waals surface area contributed by atoms with Gasteiger partial charge in [0.15, 0.2) is 0 Å². The summed E-state index contributed by atoms with van der Waals surface area (Å²) in [6.07, 6.45) is 0. The van der Waals surface area contributed by atoms with Crippen molar-refractivity contribution in [2.24, 2.45) is 11.3 Å². The number of nitrogens with one attached hydrogen (secondary N) is 2. The number of anilines is 1. The van der Waals surface area contributed by atoms with Crippen LogP contribution in [0.1, 0.15) is 31.3 Å². The Bertz CT molecular complexity index is 414. The summed E-state index contributed by atoms with van der Waals surface area (Å²) in [7, 11) is 0. The minimum Gasteiger partial charge on any atom is -0.350 e. The molecular formula is C11H17ClN4O. The molecule has 0 aliphatic rings. The van der Waals surface area contributed by atoms with Crippen molar-refractivity contribution in [3.63, 3.8) is 0 Å². The van der Waals surface area contributed by atoms with Crippen molar-refractivity contribution in [3.05, 3.63) is 22.8 Å². The largest absolute Gasteiger partial charge is 0.350 e. The van der Waals surface area contributed by atoms with Gasteiger partial charge in [0, 0.05) is 6.54 Å². The van der Waals surface area contributed by atoms with Crippen LogP contribution < -0.4 is 16.6 Å². The van der Waals surface area contributed by atoms with E-state index in [1.807, 2.05) is 20.8 Å². The summed E-state index contributed by atoms with van der Waals surface area (Å²) in [5, 5.41) is 3.08. The second-order valence-corrected chi connectivity index (χ2v) is 5.32. The second kappa shape index (κ2) is 5.33. The van der Waals surface area contributed by atoms with Gasteiger partial charge in [-0.05, 0) is 17.5 Å². The van der Waals surface area contributed by atoms with Gasteiger partial charge in [-0.3, -0.25) is 4.79 Å². The molecule has 0 aromatic carbocycles. The fraction of sp³-hybridized carbons (Fsp3) is 0.455. The summed E-state index contributed by atoms with van der Waals surface area (Å²) < 4.78 is 0. The average molecular weight is 257 g/mol. The number of halogens is 1. The van der Waals surface area contributed by atoms with E-state index in [-0.39, 0.29) is 17.0 Å². The van der Waals surface area contributed by atoms with E-state index in [0.29, 0.717) is 17.4 Å². The lowest BCUT2D eigenvalue weighted by Crippen LogP contribution is -2.33. The Labute approximate surface area is 106 Å². The van der Waals surface area contributed by atoms with Crippen molar-refractivity contribution in [1.82, 2.24) is 10.3 Å². The van der Waals surface area contributed by atoms with E-state index in [4.69, 9.17) is 17.4 Å². The van der Waals surface area contributed by atoms with Gasteiger partial charge in [-0.25, -0.2) is 10.8 Å². The molecule has 1 amide bonds. The van der Waals surface area contributed by atoms with Gasteiger partial charge in [0.25, 0.3) is 5.91 Å². The van der Waals surface area contributed by atoms with Crippen LogP contribution >= 0.6 is 11.6 Å². The number of hydrazine groups is 1. The lowest BCUT2D eigenvalue weighted by atomic mass is 9.97. The number of nitrogens with two attached hydrogens (primary N) is 1. The van der Waals surface area contributed by atoms with E-state index >= 15 is 0 Å². The Morgan fingerprint density at radius 1 is 1.47 bits per heavy atom. The third-order valence-electron chi connectivity index (χ3n) is 1.99. The molecule has 17 heavy (non-hydrogen) atoms. The molecule has 0 saturated heterocycles. The van der Waals surface area contributed by atoms with E-state index in [1.165, 1.54) is 0 Å². The first-order valence-corrected chi connectivity index (χ1v) is 5.62. The summed E-state index contributed by atoms with van der Waals surface area (Å²) in [5.41, 5.74) is 2.55. The van der Waals surface area contributed by atoms with Crippen LogP contribution in [-0.4, -0.2) is 17.4 Å². The third kappa shape index (κ3) is 4.20. The molecule has 0 radical (unpaired) electrons. The van der Waals surface area contributed by atoms with Gasteiger partial charge < -0.3 is 10.7 Å². The van der Waals surface area contributed by atoms with Crippen LogP contribution in [0.4, 0.5) is 5.82 Å². The number of rotatable bonds is 3. The molecule has 5 nitrogen and oxygen atoms in total. The molecule has 1 rings (SSSR count). The topological polar surface area (TPSA) is 80.0 Å². The minimum absolute atomic E-state index is 0.00582. The van der Waals surface area contributed by atoms with Gasteiger partial charge in [0.05, 0.1) is 5.02 Å². The van der Waals surface area contributed by atoms with Crippen molar-refractivity contribution < 1.29 is 4.79 Å². The van der Waals surface area contributed by atoms with E-state index in [1.54, 1.807) is 12.1 Å². The highest BCUT2D eigenvalue weighted by Crippen LogP contribution is 2.17. The fourth-order valence-corrected chi connectivity index (χ4v) is 1.30. The van der Waals surface area contributed by atoms with Crippen molar-refractivity contribution >= 4 is 23.3 Å². The Hall–Kier alpha value is -1.33. The lowest BCUT2D eigenvalue weighted by Gasteiger charge is -2.18. The molecule has 0 saturated carbocycles. The molecule has 4 N–H and O–H groups in total. The molecule has 1 heterocycles. The zero-order valence-corrected chi connectivity index (χ0v) is 10.9. The molecule has 94 valence electrons. The van der Waals surface area contributed by atoms with Crippen molar-refractivity contribution in [3.8, 4) is 0 Å². The lowest BCUT2D eigenvalue weighted by molar-refractivity contribution is 0.0934. The predicted molar refractivity (Wildman–Crippen MR) is 68.8 cm³/mol. The van der Waals surface area contributed by atoms with Gasteiger partial charge in [0.2, 0.25) is 0 Å². The van der Waals surface area contributed by atoms with Gasteiger partial charge in [0.1, 0.15) is 11.5 Å². The van der Waals surface area contributed by atoms with E-state index < -0.39 is 0 Å². The standard InChI is InChI=1S/C11H17ClN4O/c1-11(2,3)6-14-10(17)9-7(12)4-5-8(15-9)16-13/h4-5H,6,13H2,1-3H3,(H,14,17)(H,15,16). The monoisotopic (exact) mass is 256 g/mol. The number of carbonyl (C=O) groups is 1. The first-order chi connectivity index (χ1) is 7.83. The Kier molecular flexibility index (Phi) is 4.31. The van der Waals surface area contributed by atoms with Crippen molar-refractivity contribution in [2.75, 3.05) is 12.0 Å². The van der Waals surface area contributed by atoms with Crippen LogP contribution in [0.25, 0.3) is 0 Å². The summed E-state index contributed by atoms with van der Waals surface area (Å²) >= 11 is 5.91. The van der Waals surface area contributed by atoms with Crippen molar-refractivity contribution in [1.29, 1.82) is 0 Å². The number of nitrogen functional groups attached to an aromatic ring is 1. The molecule has 6 heteroatoms. The number of hydrogen-bond donors (Lipinski definition) is 3. The molecule has 0 aliphatic heterocycles. The number of aromatic nitrogens is 1. The summed E-state index contributed by atoms with van der Waals surface area (Å²) in [4.78, 5) is 15.9. The zero-order chi connectivity index (χ0) is 13.1. The molecule has 0 unspecified atom stereocenters. The molecule has 0 fully saturated rings. The van der Waals surface area contributed by atoms with Gasteiger partial charge in [-0.1, -0.05) is 32.4 Å². The minimum atomic E-state index is -0.304. The Morgan fingerprint density at radius 2 is 2.12 bits per heavy atom. The summed E-state index contributed by atoms with van der Waals surface area (Å²) in [6.45, 7) is 6.63. The molecule has 0 atom stereocenters. The molecule has 1 aromatic rings. The van der Waals surface area contributed by atoms with Gasteiger partial charge in [-0.15, -0.1) is 0 Å². The van der Waals surface area contributed by atoms with Crippen LogP contribution in [0.15, 0.2) is 12.1 Å². The van der Waals surface area contributed by atoms with Crippen LogP contribution in [0.5, 0.6) is 0 Å². The first-order valence-electron chi connectivity index (χ1n) is 5.25. The number of amides is 1. The van der Waals surface area contributed by atoms with E-state index in [2.05, 4.69) is 15.7 Å². The van der Waals surface area contributed by atoms with Gasteiger partial charge in [-0.2, -0.15) is 0 Å². The quantitative estimate of drug-likeness (QED) is 0.569. The highest BCUT2D eigenvalue weighted by atomic mass is 35.5. The molecule has 0 spiro atoms. The maximum absolute atomic E-state index is 11.9.